The lowest BCUT2D eigenvalue weighted by Crippen LogP contribution is -2.31. The van der Waals surface area contributed by atoms with Gasteiger partial charge >= 0.3 is 0 Å². The molecule has 0 saturated heterocycles. The summed E-state index contributed by atoms with van der Waals surface area (Å²) in [6.07, 6.45) is 3.21. The van der Waals surface area contributed by atoms with Crippen molar-refractivity contribution in [3.8, 4) is 0 Å². The molecule has 2 unspecified atom stereocenters. The van der Waals surface area contributed by atoms with Crippen molar-refractivity contribution in [3.63, 3.8) is 0 Å². The third-order valence-electron chi connectivity index (χ3n) is 3.73. The molecule has 20 heavy (non-hydrogen) atoms. The number of hydrogen-bond acceptors (Lipinski definition) is 2. The fourth-order valence-corrected chi connectivity index (χ4v) is 5.11. The number of halogens is 3. The molecule has 7 heteroatoms. The van der Waals surface area contributed by atoms with Crippen molar-refractivity contribution in [2.75, 3.05) is 12.4 Å². The Morgan fingerprint density at radius 1 is 1.30 bits per heavy atom. The van der Waals surface area contributed by atoms with Gasteiger partial charge in [0.2, 0.25) is 10.0 Å². The molecule has 2 rings (SSSR count). The molecule has 1 aliphatic rings. The Morgan fingerprint density at radius 2 is 2.00 bits per heavy atom. The van der Waals surface area contributed by atoms with E-state index >= 15 is 0 Å². The molecule has 3 nitrogen and oxygen atoms in total. The highest BCUT2D eigenvalue weighted by Crippen LogP contribution is 2.32. The second kappa shape index (κ2) is 6.97. The van der Waals surface area contributed by atoms with E-state index in [2.05, 4.69) is 20.7 Å². The zero-order valence-electron chi connectivity index (χ0n) is 10.8. The van der Waals surface area contributed by atoms with Crippen molar-refractivity contribution < 1.29 is 8.42 Å². The van der Waals surface area contributed by atoms with E-state index in [0.29, 0.717) is 24.3 Å². The first kappa shape index (κ1) is 16.6. The van der Waals surface area contributed by atoms with Crippen LogP contribution in [-0.2, 0) is 10.0 Å². The molecule has 0 heterocycles. The second-order valence-corrected chi connectivity index (χ2v) is 8.40. The van der Waals surface area contributed by atoms with Gasteiger partial charge in [0.25, 0.3) is 0 Å². The van der Waals surface area contributed by atoms with E-state index in [1.807, 2.05) is 0 Å². The lowest BCUT2D eigenvalue weighted by atomic mass is 9.98. The molecule has 1 saturated carbocycles. The SMILES string of the molecule is O=S(=O)(NCC1CCCC1CCl)c1ccc(Br)cc1Cl. The summed E-state index contributed by atoms with van der Waals surface area (Å²) in [7, 11) is -3.57. The van der Waals surface area contributed by atoms with Crippen LogP contribution in [0.4, 0.5) is 0 Å². The normalized spacial score (nSPS) is 23.1. The predicted octanol–water partition coefficient (Wildman–Crippen LogP) is 4.04. The van der Waals surface area contributed by atoms with Crippen LogP contribution in [0.2, 0.25) is 5.02 Å². The number of hydrogen-bond donors (Lipinski definition) is 1. The van der Waals surface area contributed by atoms with Crippen LogP contribution in [0.5, 0.6) is 0 Å². The van der Waals surface area contributed by atoms with E-state index in [1.54, 1.807) is 12.1 Å². The zero-order chi connectivity index (χ0) is 14.8. The molecule has 0 amide bonds. The third-order valence-corrected chi connectivity index (χ3v) is 6.53. The number of nitrogens with one attached hydrogen (secondary N) is 1. The molecule has 0 aliphatic heterocycles. The van der Waals surface area contributed by atoms with Crippen LogP contribution >= 0.6 is 39.1 Å². The Labute approximate surface area is 138 Å². The van der Waals surface area contributed by atoms with Crippen LogP contribution < -0.4 is 4.72 Å². The van der Waals surface area contributed by atoms with Crippen LogP contribution in [-0.4, -0.2) is 20.8 Å². The summed E-state index contributed by atoms with van der Waals surface area (Å²) in [4.78, 5) is 0.114. The van der Waals surface area contributed by atoms with E-state index in [9.17, 15) is 8.42 Å². The Balaban J connectivity index is 2.07. The minimum Gasteiger partial charge on any atom is -0.211 e. The van der Waals surface area contributed by atoms with Crippen molar-refractivity contribution in [1.29, 1.82) is 0 Å². The van der Waals surface area contributed by atoms with Crippen molar-refractivity contribution in [3.05, 3.63) is 27.7 Å². The molecule has 1 aromatic rings. The van der Waals surface area contributed by atoms with Crippen LogP contribution in [0.25, 0.3) is 0 Å². The molecule has 0 radical (unpaired) electrons. The maximum atomic E-state index is 12.3. The number of alkyl halides is 1. The van der Waals surface area contributed by atoms with Gasteiger partial charge in [-0.1, -0.05) is 34.0 Å². The van der Waals surface area contributed by atoms with Gasteiger partial charge in [0, 0.05) is 16.9 Å². The molecule has 0 spiro atoms. The highest BCUT2D eigenvalue weighted by Gasteiger charge is 2.28. The summed E-state index contributed by atoms with van der Waals surface area (Å²) >= 11 is 15.2. The summed E-state index contributed by atoms with van der Waals surface area (Å²) in [5, 5.41) is 0.215. The molecule has 1 aromatic carbocycles. The molecule has 2 atom stereocenters. The zero-order valence-corrected chi connectivity index (χ0v) is 14.7. The maximum Gasteiger partial charge on any atom is 0.242 e. The number of rotatable bonds is 5. The topological polar surface area (TPSA) is 46.2 Å². The van der Waals surface area contributed by atoms with Crippen molar-refractivity contribution >= 4 is 49.2 Å². The fourth-order valence-electron chi connectivity index (χ4n) is 2.57. The fraction of sp³-hybridized carbons (Fsp3) is 0.538. The largest absolute Gasteiger partial charge is 0.242 e. The summed E-state index contributed by atoms with van der Waals surface area (Å²) in [5.41, 5.74) is 0. The quantitative estimate of drug-likeness (QED) is 0.758. The highest BCUT2D eigenvalue weighted by atomic mass is 79.9. The van der Waals surface area contributed by atoms with Crippen molar-refractivity contribution in [1.82, 2.24) is 4.72 Å². The summed E-state index contributed by atoms with van der Waals surface area (Å²) in [6, 6.07) is 4.74. The van der Waals surface area contributed by atoms with Crippen LogP contribution in [0.1, 0.15) is 19.3 Å². The first-order chi connectivity index (χ1) is 9.44. The lowest BCUT2D eigenvalue weighted by Gasteiger charge is -2.18. The summed E-state index contributed by atoms with van der Waals surface area (Å²) in [6.45, 7) is 0.423. The Morgan fingerprint density at radius 3 is 2.65 bits per heavy atom. The molecule has 0 bridgehead atoms. The molecule has 1 N–H and O–H groups in total. The summed E-state index contributed by atoms with van der Waals surface area (Å²) < 4.78 is 27.9. The molecule has 112 valence electrons. The van der Waals surface area contributed by atoms with Gasteiger partial charge in [-0.05, 0) is 42.9 Å². The second-order valence-electron chi connectivity index (χ2n) is 5.03. The molecule has 1 aliphatic carbocycles. The van der Waals surface area contributed by atoms with Gasteiger partial charge in [-0.2, -0.15) is 0 Å². The monoisotopic (exact) mass is 399 g/mol. The van der Waals surface area contributed by atoms with Gasteiger partial charge in [0.15, 0.2) is 0 Å². The molecule has 0 aromatic heterocycles. The highest BCUT2D eigenvalue weighted by molar-refractivity contribution is 9.10. The minimum atomic E-state index is -3.57. The summed E-state index contributed by atoms with van der Waals surface area (Å²) in [5.74, 6) is 1.31. The van der Waals surface area contributed by atoms with E-state index in [1.165, 1.54) is 6.07 Å². The first-order valence-electron chi connectivity index (χ1n) is 6.44. The van der Waals surface area contributed by atoms with Gasteiger partial charge in [0.05, 0.1) is 5.02 Å². The van der Waals surface area contributed by atoms with E-state index < -0.39 is 10.0 Å². The van der Waals surface area contributed by atoms with Gasteiger partial charge in [-0.15, -0.1) is 11.6 Å². The standard InChI is InChI=1S/C13H16BrCl2NO2S/c14-11-4-5-13(12(16)6-11)20(18,19)17-8-10-3-1-2-9(10)7-15/h4-6,9-10,17H,1-3,7-8H2. The predicted molar refractivity (Wildman–Crippen MR) is 85.9 cm³/mol. The van der Waals surface area contributed by atoms with Gasteiger partial charge < -0.3 is 0 Å². The van der Waals surface area contributed by atoms with E-state index in [4.69, 9.17) is 23.2 Å². The third kappa shape index (κ3) is 3.89. The Hall–Kier alpha value is 0.190. The Bertz CT molecular complexity index is 580. The van der Waals surface area contributed by atoms with Gasteiger partial charge in [-0.3, -0.25) is 0 Å². The van der Waals surface area contributed by atoms with Crippen molar-refractivity contribution in [2.45, 2.75) is 24.2 Å². The van der Waals surface area contributed by atoms with Gasteiger partial charge in [0.1, 0.15) is 4.90 Å². The molecule has 1 fully saturated rings. The number of sulfonamides is 1. The van der Waals surface area contributed by atoms with E-state index in [0.717, 1.165) is 23.7 Å². The lowest BCUT2D eigenvalue weighted by molar-refractivity contribution is 0.418. The Kier molecular flexibility index (Phi) is 5.77. The van der Waals surface area contributed by atoms with E-state index in [-0.39, 0.29) is 9.92 Å². The average molecular weight is 401 g/mol. The van der Waals surface area contributed by atoms with Crippen LogP contribution in [0.15, 0.2) is 27.6 Å². The van der Waals surface area contributed by atoms with Crippen LogP contribution in [0.3, 0.4) is 0 Å². The van der Waals surface area contributed by atoms with Gasteiger partial charge in [-0.25, -0.2) is 13.1 Å². The molecular weight excluding hydrogens is 385 g/mol. The maximum absolute atomic E-state index is 12.3. The number of benzene rings is 1. The van der Waals surface area contributed by atoms with Crippen molar-refractivity contribution in [2.24, 2.45) is 11.8 Å². The van der Waals surface area contributed by atoms with Crippen LogP contribution in [0, 0.1) is 11.8 Å². The molecular formula is C13H16BrCl2NO2S. The smallest absolute Gasteiger partial charge is 0.211 e. The average Bonchev–Trinajstić information content (AvgIpc) is 2.83. The minimum absolute atomic E-state index is 0.114. The first-order valence-corrected chi connectivity index (χ1v) is 9.63.